The van der Waals surface area contributed by atoms with E-state index in [4.69, 9.17) is 21.4 Å². The van der Waals surface area contributed by atoms with E-state index in [0.717, 1.165) is 0 Å². The maximum Gasteiger partial charge on any atom is 0.307 e. The second kappa shape index (κ2) is 4.28. The fourth-order valence-corrected chi connectivity index (χ4v) is 1.26. The summed E-state index contributed by atoms with van der Waals surface area (Å²) in [5, 5.41) is 8.36. The predicted molar refractivity (Wildman–Crippen MR) is 49.3 cm³/mol. The number of ether oxygens (including phenoxy) is 1. The highest BCUT2D eigenvalue weighted by Gasteiger charge is 2.12. The molecule has 0 aliphatic rings. The smallest absolute Gasteiger partial charge is 0.307 e. The van der Waals surface area contributed by atoms with Crippen LogP contribution in [0, 0.1) is 5.82 Å². The van der Waals surface area contributed by atoms with E-state index in [9.17, 15) is 9.18 Å². The standard InChI is InChI=1S/C9H8ClFO3/c1-14-6-2-5(3-8(12)13)9(11)7(10)4-6/h2,4H,3H2,1H3,(H,12,13). The Morgan fingerprint density at radius 1 is 1.64 bits per heavy atom. The van der Waals surface area contributed by atoms with Crippen molar-refractivity contribution in [1.29, 1.82) is 0 Å². The number of rotatable bonds is 3. The molecule has 5 heteroatoms. The molecule has 0 saturated carbocycles. The van der Waals surface area contributed by atoms with Crippen LogP contribution in [-0.2, 0) is 11.2 Å². The molecule has 0 atom stereocenters. The Morgan fingerprint density at radius 3 is 2.79 bits per heavy atom. The Labute approximate surface area is 85.1 Å². The SMILES string of the molecule is COc1cc(Cl)c(F)c(CC(=O)O)c1. The molecule has 0 unspecified atom stereocenters. The van der Waals surface area contributed by atoms with E-state index in [1.807, 2.05) is 0 Å². The van der Waals surface area contributed by atoms with Crippen LogP contribution in [0.5, 0.6) is 5.75 Å². The van der Waals surface area contributed by atoms with Crippen LogP contribution in [0.2, 0.25) is 5.02 Å². The summed E-state index contributed by atoms with van der Waals surface area (Å²) in [4.78, 5) is 10.4. The summed E-state index contributed by atoms with van der Waals surface area (Å²) in [6, 6.07) is 2.61. The van der Waals surface area contributed by atoms with E-state index < -0.39 is 18.2 Å². The van der Waals surface area contributed by atoms with E-state index in [2.05, 4.69) is 0 Å². The van der Waals surface area contributed by atoms with Gasteiger partial charge in [0.25, 0.3) is 0 Å². The van der Waals surface area contributed by atoms with E-state index in [-0.39, 0.29) is 10.6 Å². The Morgan fingerprint density at radius 2 is 2.29 bits per heavy atom. The molecule has 1 aromatic carbocycles. The van der Waals surface area contributed by atoms with Gasteiger partial charge in [0.15, 0.2) is 0 Å². The lowest BCUT2D eigenvalue weighted by Crippen LogP contribution is -2.03. The summed E-state index contributed by atoms with van der Waals surface area (Å²) in [7, 11) is 1.40. The number of methoxy groups -OCH3 is 1. The number of hydrogen-bond donors (Lipinski definition) is 1. The lowest BCUT2D eigenvalue weighted by molar-refractivity contribution is -0.136. The Kier molecular flexibility index (Phi) is 3.30. The average molecular weight is 219 g/mol. The minimum atomic E-state index is -1.12. The summed E-state index contributed by atoms with van der Waals surface area (Å²) < 4.78 is 18.1. The average Bonchev–Trinajstić information content (AvgIpc) is 2.11. The van der Waals surface area contributed by atoms with Gasteiger partial charge < -0.3 is 9.84 Å². The summed E-state index contributed by atoms with van der Waals surface area (Å²) in [6.07, 6.45) is -0.414. The minimum Gasteiger partial charge on any atom is -0.497 e. The van der Waals surface area contributed by atoms with Crippen LogP contribution in [0.1, 0.15) is 5.56 Å². The van der Waals surface area contributed by atoms with Gasteiger partial charge in [-0.1, -0.05) is 11.6 Å². The Hall–Kier alpha value is -1.29. The topological polar surface area (TPSA) is 46.5 Å². The second-order valence-corrected chi connectivity index (χ2v) is 3.06. The highest BCUT2D eigenvalue weighted by atomic mass is 35.5. The van der Waals surface area contributed by atoms with Crippen LogP contribution in [0.15, 0.2) is 12.1 Å². The number of hydrogen-bond acceptors (Lipinski definition) is 2. The van der Waals surface area contributed by atoms with Gasteiger partial charge in [-0.05, 0) is 6.07 Å². The number of benzene rings is 1. The predicted octanol–water partition coefficient (Wildman–Crippen LogP) is 2.11. The van der Waals surface area contributed by atoms with Crippen LogP contribution in [0.25, 0.3) is 0 Å². The first-order valence-corrected chi connectivity index (χ1v) is 4.16. The number of aliphatic carboxylic acids is 1. The van der Waals surface area contributed by atoms with Gasteiger partial charge in [-0.25, -0.2) is 4.39 Å². The molecular weight excluding hydrogens is 211 g/mol. The van der Waals surface area contributed by atoms with Gasteiger partial charge in [-0.15, -0.1) is 0 Å². The zero-order valence-electron chi connectivity index (χ0n) is 7.38. The molecule has 1 rings (SSSR count). The van der Waals surface area contributed by atoms with Gasteiger partial charge in [0.05, 0.1) is 18.6 Å². The lowest BCUT2D eigenvalue weighted by atomic mass is 10.1. The van der Waals surface area contributed by atoms with Gasteiger partial charge in [0.2, 0.25) is 0 Å². The molecule has 76 valence electrons. The van der Waals surface area contributed by atoms with Crippen LogP contribution in [0.4, 0.5) is 4.39 Å². The molecule has 0 saturated heterocycles. The number of carbonyl (C=O) groups is 1. The van der Waals surface area contributed by atoms with Crippen molar-refractivity contribution in [3.8, 4) is 5.75 Å². The highest BCUT2D eigenvalue weighted by molar-refractivity contribution is 6.31. The Bertz CT molecular complexity index is 365. The minimum absolute atomic E-state index is 0.0156. The van der Waals surface area contributed by atoms with Crippen molar-refractivity contribution in [2.45, 2.75) is 6.42 Å². The van der Waals surface area contributed by atoms with E-state index in [1.54, 1.807) is 0 Å². The molecule has 3 nitrogen and oxygen atoms in total. The van der Waals surface area contributed by atoms with E-state index in [1.165, 1.54) is 19.2 Å². The second-order valence-electron chi connectivity index (χ2n) is 2.65. The van der Waals surface area contributed by atoms with Crippen molar-refractivity contribution >= 4 is 17.6 Å². The fourth-order valence-electron chi connectivity index (χ4n) is 1.03. The molecule has 14 heavy (non-hydrogen) atoms. The molecule has 0 radical (unpaired) electrons. The third-order valence-corrected chi connectivity index (χ3v) is 1.93. The number of carboxylic acid groups (broad SMARTS) is 1. The van der Waals surface area contributed by atoms with Crippen molar-refractivity contribution in [1.82, 2.24) is 0 Å². The summed E-state index contributed by atoms with van der Waals surface area (Å²) in [6.45, 7) is 0. The van der Waals surface area contributed by atoms with Crippen molar-refractivity contribution in [3.63, 3.8) is 0 Å². The lowest BCUT2D eigenvalue weighted by Gasteiger charge is -2.05. The maximum atomic E-state index is 13.2. The van der Waals surface area contributed by atoms with E-state index >= 15 is 0 Å². The number of carboxylic acids is 1. The van der Waals surface area contributed by atoms with Crippen molar-refractivity contribution in [2.24, 2.45) is 0 Å². The fraction of sp³-hybridized carbons (Fsp3) is 0.222. The quantitative estimate of drug-likeness (QED) is 0.845. The molecule has 0 aromatic heterocycles. The first-order chi connectivity index (χ1) is 6.54. The van der Waals surface area contributed by atoms with Crippen molar-refractivity contribution < 1.29 is 19.0 Å². The molecule has 0 bridgehead atoms. The summed E-state index contributed by atoms with van der Waals surface area (Å²) in [5.41, 5.74) is 0.0156. The molecule has 0 heterocycles. The first kappa shape index (κ1) is 10.8. The third-order valence-electron chi connectivity index (χ3n) is 1.65. The zero-order chi connectivity index (χ0) is 10.7. The third kappa shape index (κ3) is 2.35. The molecule has 0 amide bonds. The van der Waals surface area contributed by atoms with Gasteiger partial charge in [-0.3, -0.25) is 4.79 Å². The zero-order valence-corrected chi connectivity index (χ0v) is 8.14. The maximum absolute atomic E-state index is 13.2. The van der Waals surface area contributed by atoms with Gasteiger partial charge in [-0.2, -0.15) is 0 Å². The molecule has 0 aliphatic heterocycles. The highest BCUT2D eigenvalue weighted by Crippen LogP contribution is 2.25. The van der Waals surface area contributed by atoms with Crippen LogP contribution in [0.3, 0.4) is 0 Å². The largest absolute Gasteiger partial charge is 0.497 e. The molecule has 0 aliphatic carbocycles. The molecule has 1 aromatic rings. The Balaban J connectivity index is 3.13. The van der Waals surface area contributed by atoms with Crippen molar-refractivity contribution in [2.75, 3.05) is 7.11 Å². The van der Waals surface area contributed by atoms with Crippen molar-refractivity contribution in [3.05, 3.63) is 28.5 Å². The van der Waals surface area contributed by atoms with Crippen LogP contribution < -0.4 is 4.74 Å². The molecular formula is C9H8ClFO3. The summed E-state index contributed by atoms with van der Waals surface area (Å²) in [5.74, 6) is -1.49. The number of halogens is 2. The van der Waals surface area contributed by atoms with Crippen LogP contribution >= 0.6 is 11.6 Å². The molecule has 0 fully saturated rings. The van der Waals surface area contributed by atoms with Gasteiger partial charge >= 0.3 is 5.97 Å². The van der Waals surface area contributed by atoms with Crippen LogP contribution in [-0.4, -0.2) is 18.2 Å². The monoisotopic (exact) mass is 218 g/mol. The first-order valence-electron chi connectivity index (χ1n) is 3.78. The normalized spacial score (nSPS) is 9.93. The summed E-state index contributed by atoms with van der Waals surface area (Å²) >= 11 is 5.53. The van der Waals surface area contributed by atoms with Gasteiger partial charge in [0.1, 0.15) is 11.6 Å². The molecule has 1 N–H and O–H groups in total. The van der Waals surface area contributed by atoms with E-state index in [0.29, 0.717) is 5.75 Å². The van der Waals surface area contributed by atoms with Gasteiger partial charge in [0, 0.05) is 11.6 Å². The molecule has 0 spiro atoms.